The van der Waals surface area contributed by atoms with Crippen molar-refractivity contribution in [2.24, 2.45) is 0 Å². The van der Waals surface area contributed by atoms with Crippen molar-refractivity contribution in [3.8, 4) is 0 Å². The fourth-order valence-electron chi connectivity index (χ4n) is 1.95. The number of carbonyl (C=O) groups excluding carboxylic acids is 1. The Balaban J connectivity index is 2.07. The van der Waals surface area contributed by atoms with Crippen LogP contribution in [0.15, 0.2) is 39.4 Å². The Bertz CT molecular complexity index is 682. The van der Waals surface area contributed by atoms with Gasteiger partial charge in [0.25, 0.3) is 5.91 Å². The van der Waals surface area contributed by atoms with Gasteiger partial charge in [-0.15, -0.1) is 0 Å². The molecule has 0 aliphatic rings. The zero-order chi connectivity index (χ0) is 15.4. The molecule has 0 aliphatic heterocycles. The molecule has 1 amide bonds. The van der Waals surface area contributed by atoms with Gasteiger partial charge in [0, 0.05) is 5.69 Å². The summed E-state index contributed by atoms with van der Waals surface area (Å²) in [5.41, 5.74) is 3.16. The first-order valence-corrected chi connectivity index (χ1v) is 7.67. The highest BCUT2D eigenvalue weighted by atomic mass is 79.9. The van der Waals surface area contributed by atoms with Crippen LogP contribution in [0.25, 0.3) is 0 Å². The standard InChI is InChI=1S/C15H15BrN2O2S/c1-3-10-6-4-5-9(2)13(10)17-15(21)18-14(19)11-7-8-12(16)20-11/h4-8H,3H2,1-2H3,(H2,17,18,19,21). The van der Waals surface area contributed by atoms with Crippen LogP contribution in [0.5, 0.6) is 0 Å². The number of para-hydroxylation sites is 1. The fourth-order valence-corrected chi connectivity index (χ4v) is 2.45. The SMILES string of the molecule is CCc1cccc(C)c1NC(=S)NC(=O)c1ccc(Br)o1. The molecular weight excluding hydrogens is 352 g/mol. The van der Waals surface area contributed by atoms with E-state index in [1.54, 1.807) is 12.1 Å². The van der Waals surface area contributed by atoms with E-state index in [2.05, 4.69) is 33.5 Å². The molecule has 0 fully saturated rings. The molecule has 1 aromatic carbocycles. The molecule has 0 atom stereocenters. The molecule has 0 saturated heterocycles. The lowest BCUT2D eigenvalue weighted by Gasteiger charge is -2.14. The lowest BCUT2D eigenvalue weighted by Crippen LogP contribution is -2.34. The van der Waals surface area contributed by atoms with Crippen molar-refractivity contribution < 1.29 is 9.21 Å². The third-order valence-electron chi connectivity index (χ3n) is 3.00. The van der Waals surface area contributed by atoms with Crippen LogP contribution in [0.1, 0.15) is 28.6 Å². The predicted molar refractivity (Wildman–Crippen MR) is 90.7 cm³/mol. The number of furan rings is 1. The first-order chi connectivity index (χ1) is 10.0. The molecule has 0 radical (unpaired) electrons. The van der Waals surface area contributed by atoms with E-state index in [4.69, 9.17) is 16.6 Å². The van der Waals surface area contributed by atoms with Crippen LogP contribution in [-0.2, 0) is 6.42 Å². The van der Waals surface area contributed by atoms with Crippen molar-refractivity contribution in [3.05, 3.63) is 51.9 Å². The van der Waals surface area contributed by atoms with Crippen LogP contribution in [0.3, 0.4) is 0 Å². The van der Waals surface area contributed by atoms with E-state index in [9.17, 15) is 4.79 Å². The number of benzene rings is 1. The van der Waals surface area contributed by atoms with Crippen LogP contribution >= 0.6 is 28.1 Å². The van der Waals surface area contributed by atoms with E-state index >= 15 is 0 Å². The molecule has 2 aromatic rings. The molecule has 0 unspecified atom stereocenters. The van der Waals surface area contributed by atoms with Gasteiger partial charge in [-0.3, -0.25) is 10.1 Å². The summed E-state index contributed by atoms with van der Waals surface area (Å²) in [6.07, 6.45) is 0.881. The molecule has 2 rings (SSSR count). The summed E-state index contributed by atoms with van der Waals surface area (Å²) < 4.78 is 5.68. The summed E-state index contributed by atoms with van der Waals surface area (Å²) >= 11 is 8.34. The highest BCUT2D eigenvalue weighted by molar-refractivity contribution is 9.10. The second kappa shape index (κ2) is 6.87. The van der Waals surface area contributed by atoms with E-state index in [1.165, 1.54) is 0 Å². The van der Waals surface area contributed by atoms with Crippen LogP contribution < -0.4 is 10.6 Å². The quantitative estimate of drug-likeness (QED) is 0.804. The summed E-state index contributed by atoms with van der Waals surface area (Å²) in [6.45, 7) is 4.07. The summed E-state index contributed by atoms with van der Waals surface area (Å²) in [5.74, 6) is -0.184. The molecule has 6 heteroatoms. The Morgan fingerprint density at radius 1 is 1.33 bits per heavy atom. The maximum absolute atomic E-state index is 11.9. The van der Waals surface area contributed by atoms with Gasteiger partial charge in [-0.2, -0.15) is 0 Å². The van der Waals surface area contributed by atoms with E-state index < -0.39 is 0 Å². The molecule has 0 aliphatic carbocycles. The molecule has 2 N–H and O–H groups in total. The minimum absolute atomic E-state index is 0.200. The number of nitrogens with one attached hydrogen (secondary N) is 2. The average Bonchev–Trinajstić information content (AvgIpc) is 2.87. The van der Waals surface area contributed by atoms with Crippen molar-refractivity contribution in [1.29, 1.82) is 0 Å². The number of thiocarbonyl (C=S) groups is 1. The Morgan fingerprint density at radius 2 is 2.10 bits per heavy atom. The number of aryl methyl sites for hydroxylation is 2. The molecule has 21 heavy (non-hydrogen) atoms. The van der Waals surface area contributed by atoms with Crippen molar-refractivity contribution in [3.63, 3.8) is 0 Å². The minimum atomic E-state index is -0.384. The number of halogens is 1. The fraction of sp³-hybridized carbons (Fsp3) is 0.200. The zero-order valence-corrected chi connectivity index (χ0v) is 14.1. The second-order valence-corrected chi connectivity index (χ2v) is 5.66. The molecule has 1 heterocycles. The number of hydrogen-bond donors (Lipinski definition) is 2. The van der Waals surface area contributed by atoms with Crippen molar-refractivity contribution >= 4 is 44.9 Å². The Morgan fingerprint density at radius 3 is 2.71 bits per heavy atom. The highest BCUT2D eigenvalue weighted by Gasteiger charge is 2.13. The number of amides is 1. The topological polar surface area (TPSA) is 54.3 Å². The molecule has 110 valence electrons. The van der Waals surface area contributed by atoms with Crippen LogP contribution in [-0.4, -0.2) is 11.0 Å². The monoisotopic (exact) mass is 366 g/mol. The van der Waals surface area contributed by atoms with Gasteiger partial charge in [-0.25, -0.2) is 0 Å². The summed E-state index contributed by atoms with van der Waals surface area (Å²) in [5, 5.41) is 5.93. The predicted octanol–water partition coefficient (Wildman–Crippen LogP) is 4.04. The Labute approximate surface area is 137 Å². The molecular formula is C15H15BrN2O2S. The van der Waals surface area contributed by atoms with Crippen LogP contribution in [0.4, 0.5) is 5.69 Å². The van der Waals surface area contributed by atoms with Gasteiger partial charge in [0.15, 0.2) is 15.5 Å². The average molecular weight is 367 g/mol. The smallest absolute Gasteiger partial charge is 0.293 e. The van der Waals surface area contributed by atoms with Crippen molar-refractivity contribution in [2.75, 3.05) is 5.32 Å². The summed E-state index contributed by atoms with van der Waals surface area (Å²) in [4.78, 5) is 11.9. The van der Waals surface area contributed by atoms with Gasteiger partial charge in [0.2, 0.25) is 0 Å². The zero-order valence-electron chi connectivity index (χ0n) is 11.7. The number of anilines is 1. The van der Waals surface area contributed by atoms with Crippen molar-refractivity contribution in [1.82, 2.24) is 5.32 Å². The van der Waals surface area contributed by atoms with Gasteiger partial charge in [-0.1, -0.05) is 25.1 Å². The lowest BCUT2D eigenvalue weighted by molar-refractivity contribution is 0.0949. The third-order valence-corrected chi connectivity index (χ3v) is 3.63. The van der Waals surface area contributed by atoms with E-state index in [-0.39, 0.29) is 16.8 Å². The van der Waals surface area contributed by atoms with Gasteiger partial charge in [0.1, 0.15) is 0 Å². The number of hydrogen-bond acceptors (Lipinski definition) is 3. The van der Waals surface area contributed by atoms with Gasteiger partial charge in [0.05, 0.1) is 0 Å². The Hall–Kier alpha value is -1.66. The molecule has 0 saturated carbocycles. The van der Waals surface area contributed by atoms with Crippen LogP contribution in [0, 0.1) is 6.92 Å². The first-order valence-electron chi connectivity index (χ1n) is 6.47. The number of carbonyl (C=O) groups is 1. The second-order valence-electron chi connectivity index (χ2n) is 4.47. The summed E-state index contributed by atoms with van der Waals surface area (Å²) in [7, 11) is 0. The van der Waals surface area contributed by atoms with E-state index in [0.717, 1.165) is 23.2 Å². The summed E-state index contributed by atoms with van der Waals surface area (Å²) in [6, 6.07) is 9.26. The van der Waals surface area contributed by atoms with Crippen molar-refractivity contribution in [2.45, 2.75) is 20.3 Å². The number of rotatable bonds is 3. The Kier molecular flexibility index (Phi) is 5.14. The largest absolute Gasteiger partial charge is 0.444 e. The maximum Gasteiger partial charge on any atom is 0.293 e. The van der Waals surface area contributed by atoms with E-state index in [0.29, 0.717) is 4.67 Å². The maximum atomic E-state index is 11.9. The lowest BCUT2D eigenvalue weighted by atomic mass is 10.1. The van der Waals surface area contributed by atoms with Crippen LogP contribution in [0.2, 0.25) is 0 Å². The third kappa shape index (κ3) is 3.92. The first kappa shape index (κ1) is 15.7. The van der Waals surface area contributed by atoms with Gasteiger partial charge < -0.3 is 9.73 Å². The normalized spacial score (nSPS) is 10.2. The highest BCUT2D eigenvalue weighted by Crippen LogP contribution is 2.21. The molecule has 0 spiro atoms. The van der Waals surface area contributed by atoms with Gasteiger partial charge in [-0.05, 0) is 64.8 Å². The molecule has 1 aromatic heterocycles. The minimum Gasteiger partial charge on any atom is -0.444 e. The molecule has 4 nitrogen and oxygen atoms in total. The van der Waals surface area contributed by atoms with E-state index in [1.807, 2.05) is 25.1 Å². The van der Waals surface area contributed by atoms with Gasteiger partial charge >= 0.3 is 0 Å². The molecule has 0 bridgehead atoms.